The molecule has 1 fully saturated rings. The van der Waals surface area contributed by atoms with E-state index < -0.39 is 10.4 Å². The Kier molecular flexibility index (Phi) is 10.5. The fourth-order valence-electron chi connectivity index (χ4n) is 1.71. The SMILES string of the molecule is CCC(C)CC(=O)NCCN1CCOCC1.O=S(=O)(O)O. The zero-order valence-electron chi connectivity index (χ0n) is 12.6. The third-order valence-electron chi connectivity index (χ3n) is 3.08. The standard InChI is InChI=1S/C12H24N2O2.H2O4S/c1-3-11(2)10-12(15)13-4-5-14-6-8-16-9-7-14;1-5(2,3)4/h11H,3-10H2,1-2H3,(H,13,15);(H2,1,2,3,4). The molecule has 0 aliphatic carbocycles. The van der Waals surface area contributed by atoms with E-state index in [9.17, 15) is 4.79 Å². The lowest BCUT2D eigenvalue weighted by molar-refractivity contribution is -0.122. The van der Waals surface area contributed by atoms with Crippen LogP contribution in [0.1, 0.15) is 26.7 Å². The Hall–Kier alpha value is -0.740. The molecular formula is C12H26N2O6S. The van der Waals surface area contributed by atoms with Crippen molar-refractivity contribution in [1.29, 1.82) is 0 Å². The molecule has 3 N–H and O–H groups in total. The highest BCUT2D eigenvalue weighted by Gasteiger charge is 2.11. The molecule has 0 spiro atoms. The summed E-state index contributed by atoms with van der Waals surface area (Å²) in [5.41, 5.74) is 0. The predicted molar refractivity (Wildman–Crippen MR) is 78.5 cm³/mol. The molecule has 21 heavy (non-hydrogen) atoms. The molecule has 9 heteroatoms. The molecule has 8 nitrogen and oxygen atoms in total. The van der Waals surface area contributed by atoms with Gasteiger partial charge in [0.05, 0.1) is 13.2 Å². The minimum absolute atomic E-state index is 0.183. The van der Waals surface area contributed by atoms with Crippen molar-refractivity contribution in [3.05, 3.63) is 0 Å². The first-order valence-corrected chi connectivity index (χ1v) is 8.38. The van der Waals surface area contributed by atoms with E-state index in [-0.39, 0.29) is 5.91 Å². The van der Waals surface area contributed by atoms with Crippen molar-refractivity contribution in [2.45, 2.75) is 26.7 Å². The number of amides is 1. The summed E-state index contributed by atoms with van der Waals surface area (Å²) in [4.78, 5) is 13.8. The quantitative estimate of drug-likeness (QED) is 0.598. The maximum absolute atomic E-state index is 11.5. The molecule has 1 atom stereocenters. The normalized spacial score (nSPS) is 17.5. The lowest BCUT2D eigenvalue weighted by atomic mass is 10.1. The van der Waals surface area contributed by atoms with Gasteiger partial charge in [-0.05, 0) is 5.92 Å². The minimum Gasteiger partial charge on any atom is -0.379 e. The number of hydrogen-bond donors (Lipinski definition) is 3. The molecule has 1 saturated heterocycles. The van der Waals surface area contributed by atoms with Crippen LogP contribution in [0.2, 0.25) is 0 Å². The summed E-state index contributed by atoms with van der Waals surface area (Å²) in [5, 5.41) is 2.97. The Morgan fingerprint density at radius 2 is 1.86 bits per heavy atom. The van der Waals surface area contributed by atoms with Gasteiger partial charge in [-0.1, -0.05) is 20.3 Å². The van der Waals surface area contributed by atoms with Crippen molar-refractivity contribution in [2.75, 3.05) is 39.4 Å². The van der Waals surface area contributed by atoms with Gasteiger partial charge in [0.2, 0.25) is 5.91 Å². The smallest absolute Gasteiger partial charge is 0.379 e. The second kappa shape index (κ2) is 10.9. The molecule has 1 aliphatic rings. The van der Waals surface area contributed by atoms with Crippen LogP contribution in [-0.2, 0) is 19.9 Å². The van der Waals surface area contributed by atoms with Crippen LogP contribution in [0, 0.1) is 5.92 Å². The third-order valence-corrected chi connectivity index (χ3v) is 3.08. The Labute approximate surface area is 126 Å². The second-order valence-electron chi connectivity index (χ2n) is 4.97. The first-order chi connectivity index (χ1) is 9.72. The van der Waals surface area contributed by atoms with Gasteiger partial charge >= 0.3 is 10.4 Å². The number of nitrogens with one attached hydrogen (secondary N) is 1. The summed E-state index contributed by atoms with van der Waals surface area (Å²) in [6.45, 7) is 9.54. The average molecular weight is 326 g/mol. The van der Waals surface area contributed by atoms with Crippen molar-refractivity contribution in [3.63, 3.8) is 0 Å². The number of hydrogen-bond acceptors (Lipinski definition) is 5. The third kappa shape index (κ3) is 15.5. The minimum atomic E-state index is -4.67. The Morgan fingerprint density at radius 1 is 1.33 bits per heavy atom. The zero-order chi connectivity index (χ0) is 16.3. The van der Waals surface area contributed by atoms with Crippen LogP contribution in [0.5, 0.6) is 0 Å². The number of carbonyl (C=O) groups is 1. The van der Waals surface area contributed by atoms with Crippen LogP contribution in [0.15, 0.2) is 0 Å². The van der Waals surface area contributed by atoms with Crippen molar-refractivity contribution >= 4 is 16.3 Å². The molecule has 0 bridgehead atoms. The van der Waals surface area contributed by atoms with Crippen LogP contribution in [0.4, 0.5) is 0 Å². The zero-order valence-corrected chi connectivity index (χ0v) is 13.4. The number of morpholine rings is 1. The van der Waals surface area contributed by atoms with E-state index in [1.54, 1.807) is 0 Å². The topological polar surface area (TPSA) is 116 Å². The molecule has 0 aromatic heterocycles. The van der Waals surface area contributed by atoms with Gasteiger partial charge in [0.25, 0.3) is 0 Å². The highest BCUT2D eigenvalue weighted by Crippen LogP contribution is 2.05. The summed E-state index contributed by atoms with van der Waals surface area (Å²) in [6, 6.07) is 0. The molecule has 1 aliphatic heterocycles. The van der Waals surface area contributed by atoms with Gasteiger partial charge in [0.15, 0.2) is 0 Å². The summed E-state index contributed by atoms with van der Waals surface area (Å²) >= 11 is 0. The first-order valence-electron chi connectivity index (χ1n) is 6.99. The number of nitrogens with zero attached hydrogens (tertiary/aromatic N) is 1. The fraction of sp³-hybridized carbons (Fsp3) is 0.917. The highest BCUT2D eigenvalue weighted by molar-refractivity contribution is 7.79. The molecule has 1 amide bonds. The van der Waals surface area contributed by atoms with Gasteiger partial charge in [0, 0.05) is 32.6 Å². The summed E-state index contributed by atoms with van der Waals surface area (Å²) in [5.74, 6) is 0.672. The molecule has 126 valence electrons. The Bertz CT molecular complexity index is 373. The van der Waals surface area contributed by atoms with Crippen LogP contribution in [0.3, 0.4) is 0 Å². The summed E-state index contributed by atoms with van der Waals surface area (Å²) in [6.07, 6.45) is 1.72. The van der Waals surface area contributed by atoms with E-state index in [2.05, 4.69) is 24.1 Å². The molecule has 1 rings (SSSR count). The second-order valence-corrected chi connectivity index (χ2v) is 5.87. The number of rotatable bonds is 6. The Balaban J connectivity index is 0.000000690. The summed E-state index contributed by atoms with van der Waals surface area (Å²) in [7, 11) is -4.67. The van der Waals surface area contributed by atoms with E-state index in [1.165, 1.54) is 0 Å². The van der Waals surface area contributed by atoms with E-state index >= 15 is 0 Å². The van der Waals surface area contributed by atoms with Gasteiger partial charge in [-0.2, -0.15) is 8.42 Å². The van der Waals surface area contributed by atoms with E-state index in [1.807, 2.05) is 0 Å². The van der Waals surface area contributed by atoms with E-state index in [4.69, 9.17) is 22.3 Å². The largest absolute Gasteiger partial charge is 0.394 e. The van der Waals surface area contributed by atoms with Gasteiger partial charge < -0.3 is 10.1 Å². The van der Waals surface area contributed by atoms with Crippen LogP contribution in [-0.4, -0.2) is 67.7 Å². The fourth-order valence-corrected chi connectivity index (χ4v) is 1.71. The van der Waals surface area contributed by atoms with Crippen LogP contribution < -0.4 is 5.32 Å². The lowest BCUT2D eigenvalue weighted by Gasteiger charge is -2.26. The average Bonchev–Trinajstić information content (AvgIpc) is 2.38. The van der Waals surface area contributed by atoms with Crippen LogP contribution >= 0.6 is 0 Å². The molecule has 0 aromatic rings. The highest BCUT2D eigenvalue weighted by atomic mass is 32.3. The first kappa shape index (κ1) is 20.3. The maximum Gasteiger partial charge on any atom is 0.394 e. The monoisotopic (exact) mass is 326 g/mol. The molecule has 1 unspecified atom stereocenters. The van der Waals surface area contributed by atoms with E-state index in [0.29, 0.717) is 12.3 Å². The van der Waals surface area contributed by atoms with Gasteiger partial charge in [-0.3, -0.25) is 18.8 Å². The Morgan fingerprint density at radius 3 is 2.33 bits per heavy atom. The van der Waals surface area contributed by atoms with Crippen molar-refractivity contribution < 1.29 is 27.1 Å². The molecular weight excluding hydrogens is 300 g/mol. The predicted octanol–water partition coefficient (Wildman–Crippen LogP) is 0.218. The molecule has 0 radical (unpaired) electrons. The van der Waals surface area contributed by atoms with Gasteiger partial charge in [-0.25, -0.2) is 0 Å². The molecule has 0 aromatic carbocycles. The molecule has 1 heterocycles. The van der Waals surface area contributed by atoms with Crippen molar-refractivity contribution in [1.82, 2.24) is 10.2 Å². The van der Waals surface area contributed by atoms with Crippen molar-refractivity contribution in [3.8, 4) is 0 Å². The molecule has 0 saturated carbocycles. The van der Waals surface area contributed by atoms with E-state index in [0.717, 1.165) is 45.8 Å². The summed E-state index contributed by atoms with van der Waals surface area (Å²) < 4.78 is 36.8. The van der Waals surface area contributed by atoms with Gasteiger partial charge in [0.1, 0.15) is 0 Å². The lowest BCUT2D eigenvalue weighted by Crippen LogP contribution is -2.41. The van der Waals surface area contributed by atoms with Gasteiger partial charge in [-0.15, -0.1) is 0 Å². The maximum atomic E-state index is 11.5. The van der Waals surface area contributed by atoms with Crippen LogP contribution in [0.25, 0.3) is 0 Å². The van der Waals surface area contributed by atoms with Crippen molar-refractivity contribution in [2.24, 2.45) is 5.92 Å². The number of ether oxygens (including phenoxy) is 1. The number of carbonyl (C=O) groups excluding carboxylic acids is 1.